The van der Waals surface area contributed by atoms with Crippen LogP contribution in [-0.2, 0) is 4.74 Å². The fourth-order valence-corrected chi connectivity index (χ4v) is 2.48. The van der Waals surface area contributed by atoms with Crippen LogP contribution in [0.3, 0.4) is 0 Å². The number of hydrogen-bond donors (Lipinski definition) is 6. The van der Waals surface area contributed by atoms with Crippen molar-refractivity contribution in [1.82, 2.24) is 15.6 Å². The number of aliphatic hydroxyl groups excluding tert-OH is 4. The highest BCUT2D eigenvalue weighted by atomic mass is 16.6. The van der Waals surface area contributed by atoms with Crippen LogP contribution in [0.15, 0.2) is 30.5 Å². The highest BCUT2D eigenvalue weighted by Crippen LogP contribution is 2.21. The van der Waals surface area contributed by atoms with Crippen LogP contribution in [0.1, 0.15) is 0 Å². The monoisotopic (exact) mass is 322 g/mol. The Morgan fingerprint density at radius 2 is 1.87 bits per heavy atom. The number of benzene rings is 1. The lowest BCUT2D eigenvalue weighted by molar-refractivity contribution is -0.235. The summed E-state index contributed by atoms with van der Waals surface area (Å²) in [5.41, 5.74) is 5.47. The number of hydrazine groups is 1. The SMILES string of the molecule is OC[C@H]1OC(NNc2nncc3ccccc23)[C@H](O)[C@@H](O)[C@@H]1O. The van der Waals surface area contributed by atoms with Gasteiger partial charge in [0.05, 0.1) is 12.8 Å². The van der Waals surface area contributed by atoms with Crippen LogP contribution in [0, 0.1) is 0 Å². The molecule has 0 saturated carbocycles. The summed E-state index contributed by atoms with van der Waals surface area (Å²) in [5, 5.41) is 48.1. The molecule has 0 amide bonds. The smallest absolute Gasteiger partial charge is 0.170 e. The maximum Gasteiger partial charge on any atom is 0.170 e. The Balaban J connectivity index is 1.74. The van der Waals surface area contributed by atoms with E-state index >= 15 is 0 Å². The molecule has 1 aliphatic heterocycles. The van der Waals surface area contributed by atoms with E-state index in [0.29, 0.717) is 5.82 Å². The number of aromatic nitrogens is 2. The molecule has 0 spiro atoms. The fourth-order valence-electron chi connectivity index (χ4n) is 2.48. The van der Waals surface area contributed by atoms with Crippen molar-refractivity contribution in [3.05, 3.63) is 30.5 Å². The normalized spacial score (nSPS) is 31.2. The molecule has 1 unspecified atom stereocenters. The van der Waals surface area contributed by atoms with Gasteiger partial charge in [-0.2, -0.15) is 5.10 Å². The van der Waals surface area contributed by atoms with Gasteiger partial charge in [-0.1, -0.05) is 24.3 Å². The van der Waals surface area contributed by atoms with Crippen molar-refractivity contribution in [1.29, 1.82) is 0 Å². The number of nitrogens with zero attached hydrogens (tertiary/aromatic N) is 2. The summed E-state index contributed by atoms with van der Waals surface area (Å²) in [6.45, 7) is -0.489. The Kier molecular flexibility index (Phi) is 4.66. The van der Waals surface area contributed by atoms with Crippen molar-refractivity contribution in [2.24, 2.45) is 0 Å². The highest BCUT2D eigenvalue weighted by molar-refractivity contribution is 5.90. The van der Waals surface area contributed by atoms with Crippen molar-refractivity contribution in [2.45, 2.75) is 30.6 Å². The van der Waals surface area contributed by atoms with Gasteiger partial charge in [0.2, 0.25) is 0 Å². The maximum absolute atomic E-state index is 9.96. The van der Waals surface area contributed by atoms with Gasteiger partial charge in [0.25, 0.3) is 0 Å². The third-order valence-electron chi connectivity index (χ3n) is 3.80. The predicted molar refractivity (Wildman–Crippen MR) is 80.1 cm³/mol. The number of nitrogens with one attached hydrogen (secondary N) is 2. The molecule has 1 aromatic heterocycles. The molecule has 0 bridgehead atoms. The lowest BCUT2D eigenvalue weighted by Crippen LogP contribution is -2.63. The lowest BCUT2D eigenvalue weighted by Gasteiger charge is -2.40. The molecule has 3 rings (SSSR count). The van der Waals surface area contributed by atoms with E-state index in [2.05, 4.69) is 21.0 Å². The zero-order valence-corrected chi connectivity index (χ0v) is 12.1. The Labute approximate surface area is 131 Å². The number of fused-ring (bicyclic) bond motifs is 1. The molecule has 9 heteroatoms. The van der Waals surface area contributed by atoms with Crippen LogP contribution in [0.4, 0.5) is 5.82 Å². The van der Waals surface area contributed by atoms with Gasteiger partial charge < -0.3 is 30.6 Å². The molecule has 23 heavy (non-hydrogen) atoms. The zero-order valence-electron chi connectivity index (χ0n) is 12.1. The van der Waals surface area contributed by atoms with E-state index in [-0.39, 0.29) is 0 Å². The van der Waals surface area contributed by atoms with Gasteiger partial charge in [0, 0.05) is 10.8 Å². The molecule has 1 saturated heterocycles. The number of rotatable bonds is 4. The number of aliphatic hydroxyl groups is 4. The van der Waals surface area contributed by atoms with Gasteiger partial charge in [-0.3, -0.25) is 0 Å². The largest absolute Gasteiger partial charge is 0.394 e. The molecule has 2 heterocycles. The predicted octanol–water partition coefficient (Wildman–Crippen LogP) is -1.65. The molecule has 1 fully saturated rings. The van der Waals surface area contributed by atoms with Gasteiger partial charge in [0.15, 0.2) is 12.0 Å². The minimum absolute atomic E-state index is 0.417. The third-order valence-corrected chi connectivity index (χ3v) is 3.80. The second-order valence-corrected chi connectivity index (χ2v) is 5.30. The molecule has 1 aliphatic rings. The summed E-state index contributed by atoms with van der Waals surface area (Å²) in [5.74, 6) is 0.417. The highest BCUT2D eigenvalue weighted by Gasteiger charge is 2.43. The first-order valence-electron chi connectivity index (χ1n) is 7.14. The Bertz CT molecular complexity index is 665. The molecule has 5 atom stereocenters. The molecular weight excluding hydrogens is 304 g/mol. The average Bonchev–Trinajstić information content (AvgIpc) is 2.59. The minimum atomic E-state index is -1.45. The van der Waals surface area contributed by atoms with Crippen LogP contribution >= 0.6 is 0 Å². The molecular formula is C14H18N4O5. The van der Waals surface area contributed by atoms with Crippen LogP contribution in [0.5, 0.6) is 0 Å². The summed E-state index contributed by atoms with van der Waals surface area (Å²) in [4.78, 5) is 0. The van der Waals surface area contributed by atoms with Crippen molar-refractivity contribution < 1.29 is 25.2 Å². The van der Waals surface area contributed by atoms with Crippen LogP contribution < -0.4 is 10.9 Å². The summed E-state index contributed by atoms with van der Waals surface area (Å²) in [6, 6.07) is 7.45. The Morgan fingerprint density at radius 1 is 1.09 bits per heavy atom. The second kappa shape index (κ2) is 6.71. The summed E-state index contributed by atoms with van der Waals surface area (Å²) < 4.78 is 5.33. The summed E-state index contributed by atoms with van der Waals surface area (Å²) in [7, 11) is 0. The topological polar surface area (TPSA) is 140 Å². The van der Waals surface area contributed by atoms with Crippen molar-refractivity contribution in [3.63, 3.8) is 0 Å². The van der Waals surface area contributed by atoms with E-state index in [4.69, 9.17) is 9.84 Å². The Morgan fingerprint density at radius 3 is 2.65 bits per heavy atom. The van der Waals surface area contributed by atoms with Crippen LogP contribution in [0.25, 0.3) is 10.8 Å². The molecule has 6 N–H and O–H groups in total. The van der Waals surface area contributed by atoms with Crippen LogP contribution in [-0.4, -0.2) is 67.9 Å². The fraction of sp³-hybridized carbons (Fsp3) is 0.429. The molecule has 0 aliphatic carbocycles. The molecule has 1 aromatic carbocycles. The quantitative estimate of drug-likeness (QED) is 0.365. The van der Waals surface area contributed by atoms with E-state index in [0.717, 1.165) is 10.8 Å². The van der Waals surface area contributed by atoms with Crippen molar-refractivity contribution >= 4 is 16.6 Å². The summed E-state index contributed by atoms with van der Waals surface area (Å²) in [6.07, 6.45) is -4.64. The first-order valence-corrected chi connectivity index (χ1v) is 7.14. The molecule has 9 nitrogen and oxygen atoms in total. The van der Waals surface area contributed by atoms with Crippen molar-refractivity contribution in [2.75, 3.05) is 12.0 Å². The lowest BCUT2D eigenvalue weighted by atomic mass is 9.99. The second-order valence-electron chi connectivity index (χ2n) is 5.30. The molecule has 2 aromatic rings. The van der Waals surface area contributed by atoms with Crippen molar-refractivity contribution in [3.8, 4) is 0 Å². The van der Waals surface area contributed by atoms with Gasteiger partial charge >= 0.3 is 0 Å². The van der Waals surface area contributed by atoms with Gasteiger partial charge in [-0.15, -0.1) is 5.10 Å². The molecule has 0 radical (unpaired) electrons. The summed E-state index contributed by atoms with van der Waals surface area (Å²) >= 11 is 0. The van der Waals surface area contributed by atoms with Gasteiger partial charge in [0.1, 0.15) is 24.4 Å². The maximum atomic E-state index is 9.96. The number of anilines is 1. The van der Waals surface area contributed by atoms with Crippen LogP contribution in [0.2, 0.25) is 0 Å². The first kappa shape index (κ1) is 16.0. The standard InChI is InChI=1S/C14H18N4O5/c19-6-9-10(20)11(21)12(22)14(23-9)18-17-13-8-4-2-1-3-7(8)5-15-16-13/h1-5,9-12,14,18-22H,6H2,(H,16,17)/t9-,10-,11+,12-,14?/m1/s1. The average molecular weight is 322 g/mol. The zero-order chi connectivity index (χ0) is 16.4. The first-order chi connectivity index (χ1) is 11.1. The van der Waals surface area contributed by atoms with E-state index in [9.17, 15) is 15.3 Å². The van der Waals surface area contributed by atoms with E-state index in [1.165, 1.54) is 0 Å². The van der Waals surface area contributed by atoms with Gasteiger partial charge in [-0.05, 0) is 0 Å². The van der Waals surface area contributed by atoms with E-state index in [1.54, 1.807) is 6.20 Å². The Hall–Kier alpha value is -1.88. The van der Waals surface area contributed by atoms with Gasteiger partial charge in [-0.25, -0.2) is 5.43 Å². The third kappa shape index (κ3) is 3.11. The van der Waals surface area contributed by atoms with E-state index in [1.807, 2.05) is 24.3 Å². The number of hydrogen-bond acceptors (Lipinski definition) is 9. The van der Waals surface area contributed by atoms with E-state index < -0.39 is 37.3 Å². The minimum Gasteiger partial charge on any atom is -0.394 e. The molecule has 124 valence electrons. The number of ether oxygens (including phenoxy) is 1.